The molecular weight excluding hydrogens is 354 g/mol. The third-order valence-corrected chi connectivity index (χ3v) is 4.15. The number of anilines is 2. The zero-order valence-corrected chi connectivity index (χ0v) is 14.2. The first-order valence-corrected chi connectivity index (χ1v) is 8.08. The monoisotopic (exact) mass is 365 g/mol. The third-order valence-electron chi connectivity index (χ3n) is 3.30. The molecule has 1 aromatic carbocycles. The Labute approximate surface area is 150 Å². The number of rotatable bonds is 4. The largest absolute Gasteiger partial charge is 0.287 e. The van der Waals surface area contributed by atoms with E-state index >= 15 is 0 Å². The number of hydrogen-bond donors (Lipinski definition) is 2. The van der Waals surface area contributed by atoms with Gasteiger partial charge in [-0.3, -0.25) is 25.4 Å². The fraction of sp³-hybridized carbons (Fsp3) is 0.0625. The van der Waals surface area contributed by atoms with Gasteiger partial charge >= 0.3 is 0 Å². The van der Waals surface area contributed by atoms with Gasteiger partial charge in [-0.1, -0.05) is 0 Å². The van der Waals surface area contributed by atoms with E-state index in [-0.39, 0.29) is 10.7 Å². The maximum Gasteiger partial charge on any atom is 0.237 e. The molecule has 3 aromatic rings. The highest BCUT2D eigenvalue weighted by Gasteiger charge is 2.09. The average Bonchev–Trinajstić information content (AvgIpc) is 3.01. The summed E-state index contributed by atoms with van der Waals surface area (Å²) in [4.78, 5) is 28.2. The van der Waals surface area contributed by atoms with Gasteiger partial charge < -0.3 is 0 Å². The maximum absolute atomic E-state index is 12.4. The molecule has 0 saturated carbocycles. The summed E-state index contributed by atoms with van der Waals surface area (Å²) < 4.78 is 4.05. The van der Waals surface area contributed by atoms with E-state index in [0.717, 1.165) is 11.5 Å². The number of benzene rings is 1. The predicted molar refractivity (Wildman–Crippen MR) is 95.5 cm³/mol. The van der Waals surface area contributed by atoms with Gasteiger partial charge in [-0.2, -0.15) is 19.8 Å². The standard InChI is InChI=1S/C16H11N7O2S/c1-9-11(8-17)16(26-23-9)22-20-12-2-3-13(24)14(15(12)25)21-19-10-4-6-18-7-5-10/h2-7,22H,1H3,(H,18,19). The summed E-state index contributed by atoms with van der Waals surface area (Å²) >= 11 is 1.06. The Hall–Kier alpha value is -3.71. The summed E-state index contributed by atoms with van der Waals surface area (Å²) in [5.41, 5.74) is 5.64. The van der Waals surface area contributed by atoms with E-state index in [9.17, 15) is 9.59 Å². The van der Waals surface area contributed by atoms with E-state index in [1.54, 1.807) is 31.5 Å². The number of nitrogens with one attached hydrogen (secondary N) is 2. The van der Waals surface area contributed by atoms with Crippen LogP contribution in [-0.4, -0.2) is 9.36 Å². The van der Waals surface area contributed by atoms with Crippen LogP contribution >= 0.6 is 11.5 Å². The maximum atomic E-state index is 12.4. The molecule has 0 bridgehead atoms. The van der Waals surface area contributed by atoms with Crippen LogP contribution in [0.2, 0.25) is 0 Å². The molecule has 26 heavy (non-hydrogen) atoms. The second-order valence-corrected chi connectivity index (χ2v) is 5.80. The third kappa shape index (κ3) is 3.52. The number of nitriles is 1. The van der Waals surface area contributed by atoms with Crippen LogP contribution < -0.4 is 32.4 Å². The highest BCUT2D eigenvalue weighted by atomic mass is 32.1. The highest BCUT2D eigenvalue weighted by molar-refractivity contribution is 7.10. The topological polar surface area (TPSA) is 132 Å². The Morgan fingerprint density at radius 2 is 1.88 bits per heavy atom. The molecule has 10 heteroatoms. The molecule has 0 fully saturated rings. The Kier molecular flexibility index (Phi) is 4.91. The van der Waals surface area contributed by atoms with Crippen molar-refractivity contribution in [1.29, 1.82) is 5.26 Å². The molecule has 0 aliphatic rings. The molecule has 0 atom stereocenters. The van der Waals surface area contributed by atoms with Gasteiger partial charge in [-0.05, 0) is 42.7 Å². The van der Waals surface area contributed by atoms with Gasteiger partial charge in [0.1, 0.15) is 22.0 Å². The molecule has 3 rings (SSSR count). The van der Waals surface area contributed by atoms with Crippen LogP contribution in [0, 0.1) is 18.3 Å². The van der Waals surface area contributed by atoms with Crippen LogP contribution in [0.3, 0.4) is 0 Å². The molecular formula is C16H11N7O2S. The first-order valence-electron chi connectivity index (χ1n) is 7.31. The van der Waals surface area contributed by atoms with Gasteiger partial charge in [-0.25, -0.2) is 0 Å². The lowest BCUT2D eigenvalue weighted by molar-refractivity contribution is 1.11. The van der Waals surface area contributed by atoms with E-state index in [4.69, 9.17) is 5.26 Å². The normalized spacial score (nSPS) is 12.0. The van der Waals surface area contributed by atoms with Gasteiger partial charge in [0.05, 0.1) is 11.4 Å². The first-order chi connectivity index (χ1) is 12.6. The Morgan fingerprint density at radius 1 is 1.12 bits per heavy atom. The smallest absolute Gasteiger partial charge is 0.237 e. The summed E-state index contributed by atoms with van der Waals surface area (Å²) in [7, 11) is 0. The van der Waals surface area contributed by atoms with Crippen molar-refractivity contribution >= 4 is 22.2 Å². The minimum absolute atomic E-state index is 0.00480. The minimum atomic E-state index is -0.633. The van der Waals surface area contributed by atoms with Crippen molar-refractivity contribution in [3.63, 3.8) is 0 Å². The van der Waals surface area contributed by atoms with Crippen molar-refractivity contribution in [1.82, 2.24) is 9.36 Å². The van der Waals surface area contributed by atoms with Crippen LogP contribution in [0.25, 0.3) is 0 Å². The quantitative estimate of drug-likeness (QED) is 0.630. The summed E-state index contributed by atoms with van der Waals surface area (Å²) in [6.45, 7) is 1.70. The second kappa shape index (κ2) is 7.45. The summed E-state index contributed by atoms with van der Waals surface area (Å²) in [5.74, 6) is 0. The molecule has 128 valence electrons. The lowest BCUT2D eigenvalue weighted by atomic mass is 10.3. The molecule has 9 nitrogen and oxygen atoms in total. The number of aromatic nitrogens is 2. The fourth-order valence-electron chi connectivity index (χ4n) is 1.97. The molecule has 2 N–H and O–H groups in total. The Morgan fingerprint density at radius 3 is 2.62 bits per heavy atom. The Bertz CT molecular complexity index is 1200. The molecule has 0 saturated heterocycles. The van der Waals surface area contributed by atoms with E-state index in [0.29, 0.717) is 21.9 Å². The summed E-state index contributed by atoms with van der Waals surface area (Å²) in [5, 5.41) is 17.1. The van der Waals surface area contributed by atoms with E-state index in [1.165, 1.54) is 12.1 Å². The van der Waals surface area contributed by atoms with Crippen LogP contribution in [0.5, 0.6) is 0 Å². The fourth-order valence-corrected chi connectivity index (χ4v) is 2.66. The van der Waals surface area contributed by atoms with Crippen molar-refractivity contribution in [2.75, 3.05) is 10.9 Å². The van der Waals surface area contributed by atoms with Crippen molar-refractivity contribution in [3.05, 3.63) is 79.1 Å². The minimum Gasteiger partial charge on any atom is -0.287 e. The lowest BCUT2D eigenvalue weighted by Crippen LogP contribution is -2.47. The molecule has 0 aliphatic carbocycles. The number of aryl methyl sites for hydroxylation is 1. The van der Waals surface area contributed by atoms with Gasteiger partial charge in [0.15, 0.2) is 5.36 Å². The average molecular weight is 365 g/mol. The van der Waals surface area contributed by atoms with Crippen molar-refractivity contribution in [2.24, 2.45) is 10.2 Å². The molecule has 0 radical (unpaired) electrons. The summed E-state index contributed by atoms with van der Waals surface area (Å²) in [6.07, 6.45) is 3.10. The van der Waals surface area contributed by atoms with Crippen LogP contribution in [-0.2, 0) is 0 Å². The molecule has 0 spiro atoms. The predicted octanol–water partition coefficient (Wildman–Crippen LogP) is 0.170. The molecule has 2 aromatic heterocycles. The second-order valence-electron chi connectivity index (χ2n) is 5.03. The molecule has 0 unspecified atom stereocenters. The number of pyridine rings is 1. The zero-order chi connectivity index (χ0) is 18.5. The lowest BCUT2D eigenvalue weighted by Gasteiger charge is -1.97. The van der Waals surface area contributed by atoms with Crippen LogP contribution in [0.1, 0.15) is 11.3 Å². The highest BCUT2D eigenvalue weighted by Crippen LogP contribution is 2.22. The summed E-state index contributed by atoms with van der Waals surface area (Å²) in [6, 6.07) is 7.80. The van der Waals surface area contributed by atoms with Gasteiger partial charge in [-0.15, -0.1) is 0 Å². The zero-order valence-electron chi connectivity index (χ0n) is 13.4. The van der Waals surface area contributed by atoms with Crippen LogP contribution in [0.4, 0.5) is 10.7 Å². The first kappa shape index (κ1) is 17.1. The van der Waals surface area contributed by atoms with E-state index in [2.05, 4.69) is 30.4 Å². The number of hydrogen-bond acceptors (Lipinski definition) is 10. The van der Waals surface area contributed by atoms with Crippen molar-refractivity contribution in [2.45, 2.75) is 6.92 Å². The molecule has 0 aliphatic heterocycles. The van der Waals surface area contributed by atoms with Crippen molar-refractivity contribution < 1.29 is 0 Å². The Balaban J connectivity index is 1.98. The SMILES string of the molecule is Cc1nsc(NN=c2ccc(=O)c(=NNc3ccncc3)c2=O)c1C#N. The van der Waals surface area contributed by atoms with Gasteiger partial charge in [0, 0.05) is 12.4 Å². The van der Waals surface area contributed by atoms with Gasteiger partial charge in [0.2, 0.25) is 10.9 Å². The van der Waals surface area contributed by atoms with E-state index in [1.807, 2.05) is 6.07 Å². The van der Waals surface area contributed by atoms with E-state index < -0.39 is 10.9 Å². The number of nitrogens with zero attached hydrogens (tertiary/aromatic N) is 5. The van der Waals surface area contributed by atoms with Crippen molar-refractivity contribution in [3.8, 4) is 6.07 Å². The molecule has 0 amide bonds. The van der Waals surface area contributed by atoms with Crippen LogP contribution in [0.15, 0.2) is 56.5 Å². The van der Waals surface area contributed by atoms with Gasteiger partial charge in [0.25, 0.3) is 0 Å². The molecule has 2 heterocycles.